The van der Waals surface area contributed by atoms with Gasteiger partial charge in [-0.1, -0.05) is 54.0 Å². The van der Waals surface area contributed by atoms with Crippen molar-refractivity contribution < 1.29 is 4.79 Å². The Bertz CT molecular complexity index is 673. The van der Waals surface area contributed by atoms with Crippen LogP contribution in [0.4, 0.5) is 0 Å². The maximum absolute atomic E-state index is 12.2. The summed E-state index contributed by atoms with van der Waals surface area (Å²) in [6, 6.07) is 2.34. The summed E-state index contributed by atoms with van der Waals surface area (Å²) < 4.78 is 0. The molecule has 2 nitrogen and oxygen atoms in total. The lowest BCUT2D eigenvalue weighted by atomic mass is 9.45. The Morgan fingerprint density at radius 2 is 1.77 bits per heavy atom. The number of unbranched alkanes of at least 4 members (excludes halogenated alkanes) is 1. The summed E-state index contributed by atoms with van der Waals surface area (Å²) in [5.74, 6) is 4.34. The molecule has 4 aliphatic rings. The summed E-state index contributed by atoms with van der Waals surface area (Å²) >= 11 is 0. The van der Waals surface area contributed by atoms with E-state index in [1.165, 1.54) is 50.5 Å². The molecule has 3 fully saturated rings. The molecule has 0 spiro atoms. The fourth-order valence-corrected chi connectivity index (χ4v) is 8.18. The molecule has 0 N–H and O–H groups in total. The Labute approximate surface area is 193 Å². The Morgan fingerprint density at radius 3 is 2.42 bits per heavy atom. The molecule has 0 radical (unpaired) electrons. The van der Waals surface area contributed by atoms with E-state index < -0.39 is 0 Å². The van der Waals surface area contributed by atoms with Gasteiger partial charge in [-0.15, -0.1) is 0 Å². The highest BCUT2D eigenvalue weighted by molar-refractivity contribution is 5.91. The van der Waals surface area contributed by atoms with Crippen LogP contribution < -0.4 is 0 Å². The van der Waals surface area contributed by atoms with E-state index in [2.05, 4.69) is 32.9 Å². The number of nitriles is 1. The van der Waals surface area contributed by atoms with Gasteiger partial charge in [0.1, 0.15) is 0 Å². The molecule has 0 amide bonds. The number of carbonyl (C=O) groups is 1. The van der Waals surface area contributed by atoms with E-state index >= 15 is 0 Å². The third-order valence-electron chi connectivity index (χ3n) is 9.65. The van der Waals surface area contributed by atoms with Crippen LogP contribution in [0, 0.1) is 51.8 Å². The summed E-state index contributed by atoms with van der Waals surface area (Å²) in [5, 5.41) is 8.93. The summed E-state index contributed by atoms with van der Waals surface area (Å²) in [5.41, 5.74) is 2.30. The van der Waals surface area contributed by atoms with Crippen molar-refractivity contribution in [3.63, 3.8) is 0 Å². The van der Waals surface area contributed by atoms with E-state index in [0.29, 0.717) is 17.1 Å². The fraction of sp³-hybridized carbons (Fsp3) is 0.862. The van der Waals surface area contributed by atoms with Crippen LogP contribution in [-0.2, 0) is 4.79 Å². The van der Waals surface area contributed by atoms with Crippen molar-refractivity contribution in [1.82, 2.24) is 0 Å². The van der Waals surface area contributed by atoms with E-state index in [4.69, 9.17) is 5.26 Å². The lowest BCUT2D eigenvalue weighted by molar-refractivity contribution is -0.118. The van der Waals surface area contributed by atoms with Crippen LogP contribution in [0.5, 0.6) is 0 Å². The van der Waals surface area contributed by atoms with Crippen molar-refractivity contribution in [1.29, 1.82) is 5.26 Å². The molecule has 0 bridgehead atoms. The van der Waals surface area contributed by atoms with Crippen LogP contribution in [0.1, 0.15) is 119 Å². The second-order valence-corrected chi connectivity index (χ2v) is 10.6. The average Bonchev–Trinajstić information content (AvgIpc) is 3.13. The Balaban J connectivity index is 0.000000807. The predicted octanol–water partition coefficient (Wildman–Crippen LogP) is 8.52. The van der Waals surface area contributed by atoms with E-state index in [1.807, 2.05) is 27.7 Å². The number of carbonyl (C=O) groups excluding carboxylic acids is 1. The summed E-state index contributed by atoms with van der Waals surface area (Å²) in [6.07, 6.45) is 15.0. The molecular weight excluding hydrogens is 378 g/mol. The van der Waals surface area contributed by atoms with E-state index in [1.54, 1.807) is 0 Å². The topological polar surface area (TPSA) is 40.9 Å². The van der Waals surface area contributed by atoms with Gasteiger partial charge in [0.25, 0.3) is 0 Å². The fourth-order valence-electron chi connectivity index (χ4n) is 8.18. The van der Waals surface area contributed by atoms with Gasteiger partial charge in [-0.25, -0.2) is 0 Å². The maximum atomic E-state index is 12.2. The maximum Gasteiger partial charge on any atom is 0.155 e. The van der Waals surface area contributed by atoms with Crippen molar-refractivity contribution in [2.75, 3.05) is 0 Å². The molecule has 0 aliphatic heterocycles. The van der Waals surface area contributed by atoms with Crippen LogP contribution in [0.15, 0.2) is 11.6 Å². The number of ketones is 1. The number of fused-ring (bicyclic) bond motifs is 5. The van der Waals surface area contributed by atoms with Crippen LogP contribution in [0.3, 0.4) is 0 Å². The molecule has 31 heavy (non-hydrogen) atoms. The minimum Gasteiger partial charge on any atom is -0.295 e. The van der Waals surface area contributed by atoms with Gasteiger partial charge in [-0.2, -0.15) is 5.26 Å². The molecular formula is C29H49NO. The van der Waals surface area contributed by atoms with Crippen molar-refractivity contribution in [2.45, 2.75) is 119 Å². The second-order valence-electron chi connectivity index (χ2n) is 10.6. The molecule has 7 unspecified atom stereocenters. The van der Waals surface area contributed by atoms with Gasteiger partial charge in [0.05, 0.1) is 6.07 Å². The predicted molar refractivity (Wildman–Crippen MR) is 132 cm³/mol. The smallest absolute Gasteiger partial charge is 0.155 e. The summed E-state index contributed by atoms with van der Waals surface area (Å²) in [6.45, 7) is 15.4. The normalized spacial score (nSPS) is 40.5. The van der Waals surface area contributed by atoms with Crippen LogP contribution in [-0.4, -0.2) is 5.78 Å². The molecule has 0 aromatic heterocycles. The minimum atomic E-state index is 0.276. The van der Waals surface area contributed by atoms with E-state index in [-0.39, 0.29) is 5.41 Å². The first-order chi connectivity index (χ1) is 14.9. The Morgan fingerprint density at radius 1 is 1.06 bits per heavy atom. The van der Waals surface area contributed by atoms with Gasteiger partial charge in [0.2, 0.25) is 0 Å². The van der Waals surface area contributed by atoms with Gasteiger partial charge in [-0.3, -0.25) is 4.79 Å². The zero-order valence-corrected chi connectivity index (χ0v) is 21.6. The lowest BCUT2D eigenvalue weighted by Gasteiger charge is -2.60. The van der Waals surface area contributed by atoms with Gasteiger partial charge in [0.15, 0.2) is 5.78 Å². The first-order valence-electron chi connectivity index (χ1n) is 13.6. The van der Waals surface area contributed by atoms with E-state index in [0.717, 1.165) is 49.4 Å². The highest BCUT2D eigenvalue weighted by Gasteiger charge is 2.59. The molecule has 2 heteroatoms. The number of hydrogen-bond donors (Lipinski definition) is 0. The van der Waals surface area contributed by atoms with Crippen molar-refractivity contribution in [2.24, 2.45) is 40.4 Å². The van der Waals surface area contributed by atoms with Crippen molar-refractivity contribution >= 4 is 5.78 Å². The molecule has 0 aromatic rings. The molecule has 7 atom stereocenters. The van der Waals surface area contributed by atoms with Crippen molar-refractivity contribution in [3.8, 4) is 6.07 Å². The molecule has 3 saturated carbocycles. The zero-order valence-electron chi connectivity index (χ0n) is 21.6. The molecule has 0 aromatic carbocycles. The highest BCUT2D eigenvalue weighted by Crippen LogP contribution is 2.68. The van der Waals surface area contributed by atoms with Gasteiger partial charge < -0.3 is 0 Å². The monoisotopic (exact) mass is 427 g/mol. The number of allylic oxidation sites excluding steroid dienone is 1. The van der Waals surface area contributed by atoms with Crippen LogP contribution in [0.2, 0.25) is 0 Å². The Kier molecular flexibility index (Phi) is 9.41. The van der Waals surface area contributed by atoms with E-state index in [9.17, 15) is 4.79 Å². The van der Waals surface area contributed by atoms with Crippen LogP contribution in [0.25, 0.3) is 0 Å². The molecule has 176 valence electrons. The summed E-state index contributed by atoms with van der Waals surface area (Å²) in [4.78, 5) is 12.2. The van der Waals surface area contributed by atoms with Gasteiger partial charge in [-0.05, 0) is 104 Å². The SMILES string of the molecule is CC.CC.CCC1CC2C(CCC3(C)C(CCCC#N)CCC23)C2(C)CCC(=O)C=C12. The standard InChI is InChI=1S/C25H37NO.2C2H6/c1-4-17-15-20-21-9-8-18(7-5-6-14-26)24(21,2)13-11-22(20)25(3)12-10-19(27)16-23(17)25;2*1-2/h16-18,20-22H,4-13,15H2,1-3H3;2*1-2H3. The van der Waals surface area contributed by atoms with Gasteiger partial charge >= 0.3 is 0 Å². The molecule has 0 saturated heterocycles. The third kappa shape index (κ3) is 4.67. The first-order valence-corrected chi connectivity index (χ1v) is 13.6. The quantitative estimate of drug-likeness (QED) is 0.422. The first kappa shape index (κ1) is 26.2. The van der Waals surface area contributed by atoms with Crippen molar-refractivity contribution in [3.05, 3.63) is 11.6 Å². The minimum absolute atomic E-state index is 0.276. The van der Waals surface area contributed by atoms with Gasteiger partial charge in [0, 0.05) is 12.8 Å². The van der Waals surface area contributed by atoms with Crippen LogP contribution >= 0.6 is 0 Å². The second kappa shape index (κ2) is 11.2. The molecule has 4 aliphatic carbocycles. The lowest BCUT2D eigenvalue weighted by Crippen LogP contribution is -2.52. The zero-order chi connectivity index (χ0) is 23.2. The number of rotatable bonds is 4. The average molecular weight is 428 g/mol. The summed E-state index contributed by atoms with van der Waals surface area (Å²) in [7, 11) is 0. The number of nitrogens with zero attached hydrogens (tertiary/aromatic N) is 1. The largest absolute Gasteiger partial charge is 0.295 e. The molecule has 4 rings (SSSR count). The Hall–Kier alpha value is -1.10. The molecule has 0 heterocycles. The third-order valence-corrected chi connectivity index (χ3v) is 9.65. The highest BCUT2D eigenvalue weighted by atomic mass is 16.1. The number of hydrogen-bond acceptors (Lipinski definition) is 2.